The van der Waals surface area contributed by atoms with Gasteiger partial charge in [0, 0.05) is 39.9 Å². The van der Waals surface area contributed by atoms with Gasteiger partial charge in [-0.2, -0.15) is 8.42 Å². The molecule has 0 aromatic heterocycles. The molecule has 33 heavy (non-hydrogen) atoms. The monoisotopic (exact) mass is 519 g/mol. The van der Waals surface area contributed by atoms with Crippen LogP contribution in [0.15, 0.2) is 59.5 Å². The number of hydrogen-bond donors (Lipinski definition) is 1. The molecule has 0 unspecified atom stereocenters. The number of rotatable bonds is 6. The van der Waals surface area contributed by atoms with Gasteiger partial charge in [-0.3, -0.25) is 4.55 Å². The molecule has 0 aliphatic carbocycles. The first-order chi connectivity index (χ1) is 15.2. The standard InChI is InChI=1S/C23H20Cl2FNO4S.Na.H/c24-17-8-9-22(31-14-15-6-7-18(25)12-20(15)26)16(11-17)13-27-10-2-3-19-21(27)4-1-5-23(19)32(28,29)30;;/h1,4-9,11-12H,2-3,10,13-14H2,(H,28,29,30);;. The normalized spacial score (nSPS) is 13.3. The second-order valence-electron chi connectivity index (χ2n) is 7.53. The average molecular weight is 520 g/mol. The topological polar surface area (TPSA) is 66.8 Å². The fourth-order valence-electron chi connectivity index (χ4n) is 3.89. The van der Waals surface area contributed by atoms with Gasteiger partial charge in [0.2, 0.25) is 0 Å². The Balaban J connectivity index is 0.00000306. The Morgan fingerprint density at radius 2 is 1.76 bits per heavy atom. The molecule has 0 radical (unpaired) electrons. The second-order valence-corrected chi connectivity index (χ2v) is 9.79. The van der Waals surface area contributed by atoms with E-state index in [9.17, 15) is 17.4 Å². The van der Waals surface area contributed by atoms with E-state index in [1.807, 2.05) is 11.0 Å². The third kappa shape index (κ3) is 6.22. The Morgan fingerprint density at radius 3 is 2.48 bits per heavy atom. The van der Waals surface area contributed by atoms with Gasteiger partial charge < -0.3 is 9.64 Å². The molecule has 1 N–H and O–H groups in total. The van der Waals surface area contributed by atoms with E-state index >= 15 is 0 Å². The zero-order chi connectivity index (χ0) is 22.9. The van der Waals surface area contributed by atoms with E-state index in [4.69, 9.17) is 27.9 Å². The van der Waals surface area contributed by atoms with Gasteiger partial charge in [0.1, 0.15) is 18.2 Å². The van der Waals surface area contributed by atoms with E-state index in [0.717, 1.165) is 17.7 Å². The first-order valence-electron chi connectivity index (χ1n) is 9.92. The molecule has 0 bridgehead atoms. The molecule has 1 aliphatic rings. The van der Waals surface area contributed by atoms with Crippen molar-refractivity contribution in [1.29, 1.82) is 0 Å². The summed E-state index contributed by atoms with van der Waals surface area (Å²) in [6, 6.07) is 14.5. The Bertz CT molecular complexity index is 1270. The minimum atomic E-state index is -4.32. The maximum absolute atomic E-state index is 14.1. The molecular weight excluding hydrogens is 499 g/mol. The van der Waals surface area contributed by atoms with Crippen molar-refractivity contribution in [2.75, 3.05) is 11.4 Å². The summed E-state index contributed by atoms with van der Waals surface area (Å²) in [5, 5.41) is 0.834. The number of fused-ring (bicyclic) bond motifs is 1. The molecular formula is C23H21Cl2FNNaO4S. The summed E-state index contributed by atoms with van der Waals surface area (Å²) in [5.74, 6) is 0.0949. The maximum atomic E-state index is 14.1. The average Bonchev–Trinajstić information content (AvgIpc) is 2.73. The predicted octanol–water partition coefficient (Wildman–Crippen LogP) is 5.26. The van der Waals surface area contributed by atoms with Crippen LogP contribution < -0.4 is 9.64 Å². The summed E-state index contributed by atoms with van der Waals surface area (Å²) < 4.78 is 53.2. The summed E-state index contributed by atoms with van der Waals surface area (Å²) in [4.78, 5) is 1.95. The fraction of sp³-hybridized carbons (Fsp3) is 0.217. The van der Waals surface area contributed by atoms with E-state index in [2.05, 4.69) is 0 Å². The van der Waals surface area contributed by atoms with Gasteiger partial charge in [-0.1, -0.05) is 35.3 Å². The summed E-state index contributed by atoms with van der Waals surface area (Å²) in [6.07, 6.45) is 1.28. The summed E-state index contributed by atoms with van der Waals surface area (Å²) in [7, 11) is -4.32. The summed E-state index contributed by atoms with van der Waals surface area (Å²) in [6.45, 7) is 1.11. The SMILES string of the molecule is O=S(=O)(O)c1cccc2c1CCCN2Cc1cc(Cl)ccc1OCc1ccc(Cl)cc1F.[NaH]. The number of anilines is 1. The van der Waals surface area contributed by atoms with E-state index in [1.54, 1.807) is 36.4 Å². The van der Waals surface area contributed by atoms with Gasteiger partial charge in [0.05, 0.1) is 4.90 Å². The van der Waals surface area contributed by atoms with Gasteiger partial charge in [0.25, 0.3) is 10.1 Å². The van der Waals surface area contributed by atoms with E-state index < -0.39 is 15.9 Å². The van der Waals surface area contributed by atoms with Crippen molar-refractivity contribution in [2.24, 2.45) is 0 Å². The van der Waals surface area contributed by atoms with Crippen LogP contribution in [-0.4, -0.2) is 49.1 Å². The molecule has 0 amide bonds. The Hall–Kier alpha value is -1.32. The number of ether oxygens (including phenoxy) is 1. The number of halogens is 3. The summed E-state index contributed by atoms with van der Waals surface area (Å²) in [5.41, 5.74) is 2.48. The zero-order valence-electron chi connectivity index (χ0n) is 16.9. The molecule has 170 valence electrons. The molecule has 0 saturated carbocycles. The number of benzene rings is 3. The molecule has 0 fully saturated rings. The van der Waals surface area contributed by atoms with Crippen molar-refractivity contribution in [1.82, 2.24) is 0 Å². The molecule has 1 aliphatic heterocycles. The van der Waals surface area contributed by atoms with Gasteiger partial charge in [0.15, 0.2) is 0 Å². The van der Waals surface area contributed by atoms with Crippen molar-refractivity contribution >= 4 is 68.6 Å². The van der Waals surface area contributed by atoms with Gasteiger partial charge in [-0.25, -0.2) is 4.39 Å². The van der Waals surface area contributed by atoms with Crippen LogP contribution in [-0.2, 0) is 29.7 Å². The van der Waals surface area contributed by atoms with Crippen molar-refractivity contribution in [2.45, 2.75) is 30.9 Å². The van der Waals surface area contributed by atoms with Gasteiger partial charge in [-0.05, 0) is 60.9 Å². The molecule has 0 saturated heterocycles. The van der Waals surface area contributed by atoms with Crippen LogP contribution in [0, 0.1) is 5.82 Å². The molecule has 0 atom stereocenters. The fourth-order valence-corrected chi connectivity index (χ4v) is 5.01. The first kappa shape index (κ1) is 26.3. The number of hydrogen-bond acceptors (Lipinski definition) is 4. The Morgan fingerprint density at radius 1 is 1.03 bits per heavy atom. The van der Waals surface area contributed by atoms with E-state index in [0.29, 0.717) is 46.4 Å². The third-order valence-corrected chi connectivity index (χ3v) is 6.77. The Kier molecular flexibility index (Phi) is 8.72. The van der Waals surface area contributed by atoms with Crippen LogP contribution >= 0.6 is 23.2 Å². The van der Waals surface area contributed by atoms with Crippen LogP contribution in [0.1, 0.15) is 23.1 Å². The second kappa shape index (κ2) is 11.0. The molecule has 1 heterocycles. The molecule has 5 nitrogen and oxygen atoms in total. The van der Waals surface area contributed by atoms with Crippen LogP contribution in [0.25, 0.3) is 0 Å². The Labute approximate surface area is 224 Å². The minimum absolute atomic E-state index is 0. The van der Waals surface area contributed by atoms with Crippen LogP contribution in [0.5, 0.6) is 5.75 Å². The van der Waals surface area contributed by atoms with E-state index in [1.165, 1.54) is 12.1 Å². The first-order valence-corrected chi connectivity index (χ1v) is 12.1. The molecule has 0 spiro atoms. The molecule has 3 aromatic carbocycles. The van der Waals surface area contributed by atoms with Gasteiger partial charge >= 0.3 is 29.6 Å². The predicted molar refractivity (Wildman–Crippen MR) is 130 cm³/mol. The van der Waals surface area contributed by atoms with Crippen molar-refractivity contribution in [3.05, 3.63) is 87.2 Å². The number of nitrogens with zero attached hydrogens (tertiary/aromatic N) is 1. The summed E-state index contributed by atoms with van der Waals surface area (Å²) >= 11 is 12.0. The van der Waals surface area contributed by atoms with Crippen molar-refractivity contribution in [3.8, 4) is 5.75 Å². The molecule has 3 aromatic rings. The zero-order valence-corrected chi connectivity index (χ0v) is 19.2. The van der Waals surface area contributed by atoms with Crippen LogP contribution in [0.2, 0.25) is 10.0 Å². The molecule has 4 rings (SSSR count). The van der Waals surface area contributed by atoms with Crippen LogP contribution in [0.3, 0.4) is 0 Å². The van der Waals surface area contributed by atoms with Crippen LogP contribution in [0.4, 0.5) is 10.1 Å². The third-order valence-electron chi connectivity index (χ3n) is 5.36. The van der Waals surface area contributed by atoms with Crippen molar-refractivity contribution in [3.63, 3.8) is 0 Å². The van der Waals surface area contributed by atoms with Gasteiger partial charge in [-0.15, -0.1) is 0 Å². The molecule has 10 heteroatoms. The quantitative estimate of drug-likeness (QED) is 0.355. The van der Waals surface area contributed by atoms with E-state index in [-0.39, 0.29) is 41.1 Å². The van der Waals surface area contributed by atoms with Crippen molar-refractivity contribution < 1.29 is 22.1 Å².